The van der Waals surface area contributed by atoms with E-state index in [1.165, 1.54) is 0 Å². The van der Waals surface area contributed by atoms with E-state index >= 15 is 0 Å². The van der Waals surface area contributed by atoms with Gasteiger partial charge in [0.2, 0.25) is 0 Å². The molecule has 2 rings (SSSR count). The second-order valence-electron chi connectivity index (χ2n) is 3.81. The van der Waals surface area contributed by atoms with Crippen LogP contribution < -0.4 is 0 Å². The van der Waals surface area contributed by atoms with Gasteiger partial charge in [0.1, 0.15) is 5.75 Å². The van der Waals surface area contributed by atoms with E-state index in [0.717, 1.165) is 18.4 Å². The van der Waals surface area contributed by atoms with Crippen molar-refractivity contribution in [3.63, 3.8) is 0 Å². The van der Waals surface area contributed by atoms with Crippen LogP contribution in [-0.2, 0) is 11.2 Å². The fraction of sp³-hybridized carbons (Fsp3) is 0.364. The minimum Gasteiger partial charge on any atom is -0.508 e. The molecule has 3 nitrogen and oxygen atoms in total. The predicted octanol–water partition coefficient (Wildman–Crippen LogP) is 1.66. The van der Waals surface area contributed by atoms with Gasteiger partial charge in [0.05, 0.1) is 5.92 Å². The third kappa shape index (κ3) is 1.87. The summed E-state index contributed by atoms with van der Waals surface area (Å²) in [7, 11) is 0. The lowest BCUT2D eigenvalue weighted by Crippen LogP contribution is -2.00. The van der Waals surface area contributed by atoms with E-state index < -0.39 is 5.97 Å². The average Bonchev–Trinajstić information content (AvgIpc) is 2.88. The zero-order valence-electron chi connectivity index (χ0n) is 7.68. The quantitative estimate of drug-likeness (QED) is 0.765. The number of aromatic hydroxyl groups is 1. The first-order chi connectivity index (χ1) is 6.66. The molecule has 0 saturated heterocycles. The van der Waals surface area contributed by atoms with Gasteiger partial charge in [-0.2, -0.15) is 0 Å². The van der Waals surface area contributed by atoms with Crippen LogP contribution in [0.1, 0.15) is 12.0 Å². The molecule has 1 fully saturated rings. The molecule has 0 radical (unpaired) electrons. The maximum Gasteiger partial charge on any atom is 0.306 e. The van der Waals surface area contributed by atoms with Crippen molar-refractivity contribution >= 4 is 5.97 Å². The Labute approximate surface area is 82.0 Å². The van der Waals surface area contributed by atoms with Crippen LogP contribution in [0.2, 0.25) is 0 Å². The highest BCUT2D eigenvalue weighted by atomic mass is 16.4. The predicted molar refractivity (Wildman–Crippen MR) is 51.0 cm³/mol. The summed E-state index contributed by atoms with van der Waals surface area (Å²) in [6.45, 7) is 0. The van der Waals surface area contributed by atoms with Gasteiger partial charge in [0.15, 0.2) is 0 Å². The molecule has 74 valence electrons. The van der Waals surface area contributed by atoms with E-state index in [-0.39, 0.29) is 17.6 Å². The summed E-state index contributed by atoms with van der Waals surface area (Å²) in [6.07, 6.45) is 1.59. The van der Waals surface area contributed by atoms with Crippen molar-refractivity contribution in [1.82, 2.24) is 0 Å². The van der Waals surface area contributed by atoms with E-state index in [4.69, 9.17) is 10.2 Å². The van der Waals surface area contributed by atoms with Gasteiger partial charge in [-0.15, -0.1) is 0 Å². The highest BCUT2D eigenvalue weighted by Crippen LogP contribution is 2.41. The van der Waals surface area contributed by atoms with Crippen LogP contribution in [0, 0.1) is 11.8 Å². The fourth-order valence-electron chi connectivity index (χ4n) is 1.71. The number of hydrogen-bond donors (Lipinski definition) is 2. The Hall–Kier alpha value is -1.51. The van der Waals surface area contributed by atoms with Crippen molar-refractivity contribution in [2.24, 2.45) is 11.8 Å². The summed E-state index contributed by atoms with van der Waals surface area (Å²) in [5.41, 5.74) is 1.09. The number of rotatable bonds is 3. The molecule has 1 aliphatic rings. The molecule has 1 aromatic carbocycles. The molecule has 1 aliphatic carbocycles. The molecule has 1 aromatic rings. The van der Waals surface area contributed by atoms with Gasteiger partial charge < -0.3 is 10.2 Å². The minimum absolute atomic E-state index is 0.149. The lowest BCUT2D eigenvalue weighted by Gasteiger charge is -1.99. The van der Waals surface area contributed by atoms with Gasteiger partial charge >= 0.3 is 5.97 Å². The average molecular weight is 192 g/mol. The van der Waals surface area contributed by atoms with Crippen LogP contribution >= 0.6 is 0 Å². The Morgan fingerprint density at radius 1 is 1.36 bits per heavy atom. The first-order valence-corrected chi connectivity index (χ1v) is 4.67. The molecule has 0 aliphatic heterocycles. The Bertz CT molecular complexity index is 342. The molecule has 0 aromatic heterocycles. The Morgan fingerprint density at radius 2 is 2.00 bits per heavy atom. The van der Waals surface area contributed by atoms with Crippen molar-refractivity contribution in [2.45, 2.75) is 12.8 Å². The normalized spacial score (nSPS) is 24.6. The summed E-state index contributed by atoms with van der Waals surface area (Å²) in [6, 6.07) is 6.94. The zero-order chi connectivity index (χ0) is 10.1. The van der Waals surface area contributed by atoms with Crippen molar-refractivity contribution in [3.05, 3.63) is 29.8 Å². The number of hydrogen-bond acceptors (Lipinski definition) is 2. The molecular weight excluding hydrogens is 180 g/mol. The van der Waals surface area contributed by atoms with Gasteiger partial charge in [-0.1, -0.05) is 12.1 Å². The molecular formula is C11H12O3. The standard InChI is InChI=1S/C11H12O3/c12-9-3-1-7(2-4-9)5-8-6-10(8)11(13)14/h1-4,8,10,12H,5-6H2,(H,13,14). The van der Waals surface area contributed by atoms with Gasteiger partial charge in [-0.25, -0.2) is 0 Å². The van der Waals surface area contributed by atoms with Gasteiger partial charge in [0.25, 0.3) is 0 Å². The molecule has 14 heavy (non-hydrogen) atoms. The number of carboxylic acids is 1. The second kappa shape index (κ2) is 3.33. The SMILES string of the molecule is O=C(O)C1CC1Cc1ccc(O)cc1. The molecule has 0 bridgehead atoms. The minimum atomic E-state index is -0.686. The zero-order valence-corrected chi connectivity index (χ0v) is 7.68. The Balaban J connectivity index is 1.94. The van der Waals surface area contributed by atoms with Crippen LogP contribution in [0.5, 0.6) is 5.75 Å². The number of carbonyl (C=O) groups is 1. The first-order valence-electron chi connectivity index (χ1n) is 4.67. The summed E-state index contributed by atoms with van der Waals surface area (Å²) in [5.74, 6) is -0.297. The molecule has 2 atom stereocenters. The van der Waals surface area contributed by atoms with E-state index in [2.05, 4.69) is 0 Å². The monoisotopic (exact) mass is 192 g/mol. The summed E-state index contributed by atoms with van der Waals surface area (Å²) in [4.78, 5) is 10.6. The molecule has 3 heteroatoms. The summed E-state index contributed by atoms with van der Waals surface area (Å²) in [5, 5.41) is 17.8. The Morgan fingerprint density at radius 3 is 2.50 bits per heavy atom. The first kappa shape index (κ1) is 9.06. The van der Waals surface area contributed by atoms with Gasteiger partial charge in [-0.3, -0.25) is 4.79 Å². The van der Waals surface area contributed by atoms with Crippen molar-refractivity contribution in [1.29, 1.82) is 0 Å². The highest BCUT2D eigenvalue weighted by molar-refractivity contribution is 5.73. The second-order valence-corrected chi connectivity index (χ2v) is 3.81. The largest absolute Gasteiger partial charge is 0.508 e. The van der Waals surface area contributed by atoms with Crippen LogP contribution in [0.25, 0.3) is 0 Å². The lowest BCUT2D eigenvalue weighted by molar-refractivity contribution is -0.138. The topological polar surface area (TPSA) is 57.5 Å². The molecule has 2 unspecified atom stereocenters. The van der Waals surface area contributed by atoms with Crippen LogP contribution in [0.15, 0.2) is 24.3 Å². The van der Waals surface area contributed by atoms with Gasteiger partial charge in [0, 0.05) is 0 Å². The van der Waals surface area contributed by atoms with Crippen LogP contribution in [0.4, 0.5) is 0 Å². The van der Waals surface area contributed by atoms with Crippen molar-refractivity contribution < 1.29 is 15.0 Å². The number of benzene rings is 1. The van der Waals surface area contributed by atoms with E-state index in [9.17, 15) is 4.79 Å². The highest BCUT2D eigenvalue weighted by Gasteiger charge is 2.42. The smallest absolute Gasteiger partial charge is 0.306 e. The molecule has 2 N–H and O–H groups in total. The van der Waals surface area contributed by atoms with Crippen molar-refractivity contribution in [2.75, 3.05) is 0 Å². The molecule has 0 spiro atoms. The third-order valence-electron chi connectivity index (χ3n) is 2.67. The fourth-order valence-corrected chi connectivity index (χ4v) is 1.71. The molecule has 1 saturated carbocycles. The Kier molecular flexibility index (Phi) is 2.15. The molecule has 0 heterocycles. The summed E-state index contributed by atoms with van der Waals surface area (Å²) >= 11 is 0. The number of aliphatic carboxylic acids is 1. The van der Waals surface area contributed by atoms with E-state index in [1.54, 1.807) is 12.1 Å². The van der Waals surface area contributed by atoms with E-state index in [1.807, 2.05) is 12.1 Å². The maximum absolute atomic E-state index is 10.6. The molecule has 0 amide bonds. The summed E-state index contributed by atoms with van der Waals surface area (Å²) < 4.78 is 0. The number of phenolic OH excluding ortho intramolecular Hbond substituents is 1. The van der Waals surface area contributed by atoms with Crippen LogP contribution in [0.3, 0.4) is 0 Å². The van der Waals surface area contributed by atoms with E-state index in [0.29, 0.717) is 0 Å². The number of phenols is 1. The van der Waals surface area contributed by atoms with Gasteiger partial charge in [-0.05, 0) is 36.5 Å². The maximum atomic E-state index is 10.6. The van der Waals surface area contributed by atoms with Crippen LogP contribution in [-0.4, -0.2) is 16.2 Å². The van der Waals surface area contributed by atoms with Crippen molar-refractivity contribution in [3.8, 4) is 5.75 Å². The lowest BCUT2D eigenvalue weighted by atomic mass is 10.1. The number of carboxylic acid groups (broad SMARTS) is 1. The third-order valence-corrected chi connectivity index (χ3v) is 2.67.